The molecular formula is C17H16ClFN2O2. The number of nitrogens with one attached hydrogen (secondary N) is 1. The first-order valence-corrected chi connectivity index (χ1v) is 7.31. The summed E-state index contributed by atoms with van der Waals surface area (Å²) in [5.41, 5.74) is 4.44. The predicted octanol–water partition coefficient (Wildman–Crippen LogP) is 3.63. The number of aryl methyl sites for hydroxylation is 2. The number of carbonyl (C=O) groups excluding carboxylic acids is 1. The molecule has 2 aromatic rings. The smallest absolute Gasteiger partial charge is 0.277 e. The lowest BCUT2D eigenvalue weighted by molar-refractivity contribution is -0.123. The summed E-state index contributed by atoms with van der Waals surface area (Å²) in [5.74, 6) is -0.331. The van der Waals surface area contributed by atoms with Crippen molar-refractivity contribution < 1.29 is 13.9 Å². The molecule has 1 N–H and O–H groups in total. The fourth-order valence-electron chi connectivity index (χ4n) is 1.94. The third kappa shape index (κ3) is 4.79. The van der Waals surface area contributed by atoms with Crippen LogP contribution in [0.1, 0.15) is 16.7 Å². The van der Waals surface area contributed by atoms with Gasteiger partial charge < -0.3 is 4.74 Å². The van der Waals surface area contributed by atoms with E-state index < -0.39 is 11.7 Å². The number of hydrogen-bond acceptors (Lipinski definition) is 3. The number of rotatable bonds is 5. The van der Waals surface area contributed by atoms with Crippen LogP contribution in [-0.4, -0.2) is 18.7 Å². The summed E-state index contributed by atoms with van der Waals surface area (Å²) < 4.78 is 18.9. The molecule has 2 rings (SSSR count). The average molecular weight is 335 g/mol. The molecule has 0 bridgehead atoms. The fourth-order valence-corrected chi connectivity index (χ4v) is 2.15. The number of carbonyl (C=O) groups is 1. The van der Waals surface area contributed by atoms with Gasteiger partial charge in [0, 0.05) is 5.56 Å². The molecule has 4 nitrogen and oxygen atoms in total. The van der Waals surface area contributed by atoms with Crippen LogP contribution >= 0.6 is 11.6 Å². The van der Waals surface area contributed by atoms with Gasteiger partial charge in [0.15, 0.2) is 6.61 Å². The van der Waals surface area contributed by atoms with Crippen LogP contribution in [0.25, 0.3) is 0 Å². The van der Waals surface area contributed by atoms with Gasteiger partial charge in [-0.15, -0.1) is 0 Å². The maximum Gasteiger partial charge on any atom is 0.277 e. The third-order valence-electron chi connectivity index (χ3n) is 3.07. The molecular weight excluding hydrogens is 319 g/mol. The Morgan fingerprint density at radius 3 is 2.83 bits per heavy atom. The van der Waals surface area contributed by atoms with E-state index in [0.717, 1.165) is 17.3 Å². The second kappa shape index (κ2) is 7.74. The Balaban J connectivity index is 1.89. The normalized spacial score (nSPS) is 10.8. The van der Waals surface area contributed by atoms with Crippen LogP contribution < -0.4 is 10.2 Å². The quantitative estimate of drug-likeness (QED) is 0.670. The Hall–Kier alpha value is -2.40. The summed E-state index contributed by atoms with van der Waals surface area (Å²) in [7, 11) is 0. The Morgan fingerprint density at radius 2 is 2.13 bits per heavy atom. The second-order valence-electron chi connectivity index (χ2n) is 4.99. The molecule has 0 heterocycles. The number of amides is 1. The van der Waals surface area contributed by atoms with Crippen molar-refractivity contribution in [3.05, 3.63) is 63.9 Å². The first-order valence-electron chi connectivity index (χ1n) is 6.93. The zero-order valence-corrected chi connectivity index (χ0v) is 13.5. The largest absolute Gasteiger partial charge is 0.483 e. The van der Waals surface area contributed by atoms with Crippen LogP contribution in [0.4, 0.5) is 4.39 Å². The molecule has 0 saturated carbocycles. The van der Waals surface area contributed by atoms with Crippen molar-refractivity contribution >= 4 is 23.7 Å². The van der Waals surface area contributed by atoms with Gasteiger partial charge in [-0.05, 0) is 37.6 Å². The number of benzene rings is 2. The molecule has 6 heteroatoms. The molecule has 0 unspecified atom stereocenters. The highest BCUT2D eigenvalue weighted by molar-refractivity contribution is 6.33. The molecule has 0 spiro atoms. The van der Waals surface area contributed by atoms with E-state index >= 15 is 0 Å². The molecule has 0 radical (unpaired) electrons. The van der Waals surface area contributed by atoms with Crippen molar-refractivity contribution in [1.82, 2.24) is 5.43 Å². The Labute approximate surface area is 138 Å². The van der Waals surface area contributed by atoms with Gasteiger partial charge in [0.1, 0.15) is 11.6 Å². The molecule has 0 aliphatic carbocycles. The van der Waals surface area contributed by atoms with Crippen LogP contribution in [-0.2, 0) is 4.79 Å². The standard InChI is InChI=1S/C17H16ClFN2O2/c1-11-6-7-16(12(2)8-11)23-10-17(22)21-20-9-13-14(18)4-3-5-15(13)19/h3-9H,10H2,1-2H3,(H,21,22)/b20-9+. The lowest BCUT2D eigenvalue weighted by Crippen LogP contribution is -2.24. The summed E-state index contributed by atoms with van der Waals surface area (Å²) in [5, 5.41) is 3.90. The van der Waals surface area contributed by atoms with E-state index in [1.165, 1.54) is 18.2 Å². The van der Waals surface area contributed by atoms with Crippen LogP contribution in [0.15, 0.2) is 41.5 Å². The van der Waals surface area contributed by atoms with Crippen LogP contribution in [0.5, 0.6) is 5.75 Å². The first kappa shape index (κ1) is 17.0. The molecule has 0 saturated heterocycles. The molecule has 2 aromatic carbocycles. The van der Waals surface area contributed by atoms with Gasteiger partial charge >= 0.3 is 0 Å². The summed E-state index contributed by atoms with van der Waals surface area (Å²) in [4.78, 5) is 11.7. The molecule has 0 aliphatic rings. The molecule has 120 valence electrons. The van der Waals surface area contributed by atoms with Gasteiger partial charge in [0.2, 0.25) is 0 Å². The van der Waals surface area contributed by atoms with Gasteiger partial charge in [0.25, 0.3) is 5.91 Å². The van der Waals surface area contributed by atoms with Gasteiger partial charge in [-0.1, -0.05) is 35.4 Å². The topological polar surface area (TPSA) is 50.7 Å². The predicted molar refractivity (Wildman–Crippen MR) is 88.6 cm³/mol. The van der Waals surface area contributed by atoms with E-state index in [1.807, 2.05) is 26.0 Å². The Bertz CT molecular complexity index is 727. The number of ether oxygens (including phenoxy) is 1. The first-order chi connectivity index (χ1) is 11.0. The maximum atomic E-state index is 13.5. The minimum atomic E-state index is -0.512. The van der Waals surface area contributed by atoms with Crippen molar-refractivity contribution in [2.24, 2.45) is 5.10 Å². The van der Waals surface area contributed by atoms with Crippen molar-refractivity contribution in [1.29, 1.82) is 0 Å². The monoisotopic (exact) mass is 334 g/mol. The van der Waals surface area contributed by atoms with Gasteiger partial charge in [-0.2, -0.15) is 5.10 Å². The summed E-state index contributed by atoms with van der Waals surface area (Å²) >= 11 is 5.85. The number of hydrazone groups is 1. The van der Waals surface area contributed by atoms with Crippen molar-refractivity contribution in [3.63, 3.8) is 0 Å². The Morgan fingerprint density at radius 1 is 1.35 bits per heavy atom. The van der Waals surface area contributed by atoms with E-state index in [4.69, 9.17) is 16.3 Å². The minimum absolute atomic E-state index is 0.116. The second-order valence-corrected chi connectivity index (χ2v) is 5.39. The average Bonchev–Trinajstić information content (AvgIpc) is 2.49. The van der Waals surface area contributed by atoms with E-state index in [0.29, 0.717) is 5.75 Å². The highest BCUT2D eigenvalue weighted by Crippen LogP contribution is 2.18. The zero-order valence-electron chi connectivity index (χ0n) is 12.8. The van der Waals surface area contributed by atoms with Crippen LogP contribution in [0.2, 0.25) is 5.02 Å². The fraction of sp³-hybridized carbons (Fsp3) is 0.176. The SMILES string of the molecule is Cc1ccc(OCC(=O)N/N=C/c2c(F)cccc2Cl)c(C)c1. The number of hydrogen-bond donors (Lipinski definition) is 1. The highest BCUT2D eigenvalue weighted by atomic mass is 35.5. The Kier molecular flexibility index (Phi) is 5.71. The highest BCUT2D eigenvalue weighted by Gasteiger charge is 2.06. The molecule has 0 atom stereocenters. The number of halogens is 2. The van der Waals surface area contributed by atoms with E-state index in [1.54, 1.807) is 6.07 Å². The van der Waals surface area contributed by atoms with E-state index in [2.05, 4.69) is 10.5 Å². The molecule has 0 fully saturated rings. The van der Waals surface area contributed by atoms with Crippen molar-refractivity contribution in [2.75, 3.05) is 6.61 Å². The zero-order chi connectivity index (χ0) is 16.8. The lowest BCUT2D eigenvalue weighted by atomic mass is 10.1. The maximum absolute atomic E-state index is 13.5. The molecule has 1 amide bonds. The van der Waals surface area contributed by atoms with Crippen molar-refractivity contribution in [2.45, 2.75) is 13.8 Å². The van der Waals surface area contributed by atoms with Gasteiger partial charge in [-0.25, -0.2) is 9.82 Å². The summed E-state index contributed by atoms with van der Waals surface area (Å²) in [6, 6.07) is 9.96. The van der Waals surface area contributed by atoms with Crippen LogP contribution in [0, 0.1) is 19.7 Å². The minimum Gasteiger partial charge on any atom is -0.483 e. The summed E-state index contributed by atoms with van der Waals surface area (Å²) in [6.45, 7) is 3.69. The molecule has 0 aromatic heterocycles. The molecule has 23 heavy (non-hydrogen) atoms. The number of nitrogens with zero attached hydrogens (tertiary/aromatic N) is 1. The van der Waals surface area contributed by atoms with E-state index in [9.17, 15) is 9.18 Å². The lowest BCUT2D eigenvalue weighted by Gasteiger charge is -2.08. The molecule has 0 aliphatic heterocycles. The van der Waals surface area contributed by atoms with E-state index in [-0.39, 0.29) is 17.2 Å². The third-order valence-corrected chi connectivity index (χ3v) is 3.40. The van der Waals surface area contributed by atoms with Gasteiger partial charge in [0.05, 0.1) is 11.2 Å². The van der Waals surface area contributed by atoms with Crippen molar-refractivity contribution in [3.8, 4) is 5.75 Å². The summed E-state index contributed by atoms with van der Waals surface area (Å²) in [6.07, 6.45) is 1.16. The van der Waals surface area contributed by atoms with Crippen LogP contribution in [0.3, 0.4) is 0 Å². The van der Waals surface area contributed by atoms with Gasteiger partial charge in [-0.3, -0.25) is 4.79 Å².